The van der Waals surface area contributed by atoms with Crippen LogP contribution < -0.4 is 4.90 Å². The Bertz CT molecular complexity index is 613. The molecule has 0 bridgehead atoms. The molecule has 1 aromatic carbocycles. The highest BCUT2D eigenvalue weighted by Crippen LogP contribution is 2.19. The normalized spacial score (nSPS) is 10.3. The van der Waals surface area contributed by atoms with Crippen molar-refractivity contribution in [1.29, 1.82) is 0 Å². The second kappa shape index (κ2) is 6.80. The van der Waals surface area contributed by atoms with Crippen LogP contribution in [0.25, 0.3) is 0 Å². The van der Waals surface area contributed by atoms with E-state index in [9.17, 15) is 9.59 Å². The van der Waals surface area contributed by atoms with Gasteiger partial charge in [0.25, 0.3) is 0 Å². The lowest BCUT2D eigenvalue weighted by Gasteiger charge is -2.20. The van der Waals surface area contributed by atoms with Gasteiger partial charge in [0, 0.05) is 13.1 Å². The molecular weight excluding hydrogens is 294 g/mol. The Kier molecular flexibility index (Phi) is 4.83. The predicted molar refractivity (Wildman–Crippen MR) is 76.6 cm³/mol. The van der Waals surface area contributed by atoms with Crippen LogP contribution in [-0.2, 0) is 11.3 Å². The van der Waals surface area contributed by atoms with Crippen LogP contribution in [0.1, 0.15) is 22.3 Å². The summed E-state index contributed by atoms with van der Waals surface area (Å²) in [5.74, 6) is -1.86. The molecule has 0 fully saturated rings. The predicted octanol–water partition coefficient (Wildman–Crippen LogP) is 1.72. The van der Waals surface area contributed by atoms with Crippen molar-refractivity contribution in [3.8, 4) is 0 Å². The van der Waals surface area contributed by atoms with Crippen LogP contribution in [0, 0.1) is 0 Å². The lowest BCUT2D eigenvalue weighted by molar-refractivity contribution is -0.136. The molecule has 0 unspecified atom stereocenters. The Labute approximate surface area is 124 Å². The molecule has 0 saturated heterocycles. The lowest BCUT2D eigenvalue weighted by Crippen LogP contribution is -2.25. The number of aromatic carboxylic acids is 1. The van der Waals surface area contributed by atoms with E-state index in [2.05, 4.69) is 10.2 Å². The molecule has 0 amide bonds. The van der Waals surface area contributed by atoms with E-state index in [4.69, 9.17) is 10.2 Å². The summed E-state index contributed by atoms with van der Waals surface area (Å²) in [6, 6.07) is 6.46. The molecule has 1 heterocycles. The maximum Gasteiger partial charge on any atom is 0.335 e. The minimum absolute atomic E-state index is 0.00715. The van der Waals surface area contributed by atoms with Crippen molar-refractivity contribution in [3.05, 3.63) is 40.9 Å². The first-order valence-electron chi connectivity index (χ1n) is 6.11. The molecule has 0 spiro atoms. The van der Waals surface area contributed by atoms with Crippen molar-refractivity contribution in [2.24, 2.45) is 0 Å². The van der Waals surface area contributed by atoms with E-state index in [0.717, 1.165) is 5.56 Å². The summed E-state index contributed by atoms with van der Waals surface area (Å²) in [5, 5.41) is 26.0. The molecule has 110 valence electrons. The average molecular weight is 307 g/mol. The molecule has 7 nitrogen and oxygen atoms in total. The van der Waals surface area contributed by atoms with Gasteiger partial charge in [-0.25, -0.2) is 4.79 Å². The number of benzene rings is 1. The van der Waals surface area contributed by atoms with Crippen LogP contribution in [-0.4, -0.2) is 38.9 Å². The maximum absolute atomic E-state index is 10.8. The van der Waals surface area contributed by atoms with Crippen LogP contribution >= 0.6 is 11.3 Å². The zero-order valence-electron chi connectivity index (χ0n) is 11.0. The molecule has 0 radical (unpaired) electrons. The average Bonchev–Trinajstić information content (AvgIpc) is 2.97. The second-order valence-electron chi connectivity index (χ2n) is 4.29. The quantitative estimate of drug-likeness (QED) is 0.802. The summed E-state index contributed by atoms with van der Waals surface area (Å²) in [6.07, 6.45) is -0.00715. The summed E-state index contributed by atoms with van der Waals surface area (Å²) in [7, 11) is 0. The monoisotopic (exact) mass is 307 g/mol. The van der Waals surface area contributed by atoms with E-state index in [1.54, 1.807) is 17.6 Å². The molecule has 1 aromatic heterocycles. The summed E-state index contributed by atoms with van der Waals surface area (Å²) in [6.45, 7) is 0.758. The number of anilines is 1. The van der Waals surface area contributed by atoms with Crippen molar-refractivity contribution in [2.75, 3.05) is 11.4 Å². The Morgan fingerprint density at radius 1 is 1.19 bits per heavy atom. The molecule has 21 heavy (non-hydrogen) atoms. The molecular formula is C13H13N3O4S. The van der Waals surface area contributed by atoms with Gasteiger partial charge in [-0.1, -0.05) is 23.5 Å². The molecule has 0 atom stereocenters. The van der Waals surface area contributed by atoms with Crippen LogP contribution in [0.5, 0.6) is 0 Å². The van der Waals surface area contributed by atoms with Gasteiger partial charge >= 0.3 is 11.9 Å². The third-order valence-corrected chi connectivity index (χ3v) is 3.54. The number of carboxylic acids is 2. The SMILES string of the molecule is O=C(O)CCN(Cc1ccc(C(=O)O)cc1)c1nncs1. The topological polar surface area (TPSA) is 104 Å². The van der Waals surface area contributed by atoms with Crippen LogP contribution in [0.15, 0.2) is 29.8 Å². The third-order valence-electron chi connectivity index (χ3n) is 2.79. The van der Waals surface area contributed by atoms with Gasteiger partial charge in [-0.2, -0.15) is 0 Å². The van der Waals surface area contributed by atoms with Crippen LogP contribution in [0.4, 0.5) is 5.13 Å². The second-order valence-corrected chi connectivity index (χ2v) is 5.10. The highest BCUT2D eigenvalue weighted by atomic mass is 32.1. The van der Waals surface area contributed by atoms with Crippen molar-refractivity contribution in [2.45, 2.75) is 13.0 Å². The van der Waals surface area contributed by atoms with Gasteiger partial charge in [0.05, 0.1) is 12.0 Å². The molecule has 8 heteroatoms. The first-order chi connectivity index (χ1) is 10.1. The largest absolute Gasteiger partial charge is 0.481 e. The van der Waals surface area contributed by atoms with Gasteiger partial charge in [0.1, 0.15) is 5.51 Å². The first-order valence-corrected chi connectivity index (χ1v) is 6.99. The third kappa shape index (κ3) is 4.25. The number of hydrogen-bond donors (Lipinski definition) is 2. The highest BCUT2D eigenvalue weighted by Gasteiger charge is 2.13. The van der Waals surface area contributed by atoms with Crippen molar-refractivity contribution in [3.63, 3.8) is 0 Å². The number of aliphatic carboxylic acids is 1. The molecule has 0 aliphatic heterocycles. The molecule has 2 N–H and O–H groups in total. The summed E-state index contributed by atoms with van der Waals surface area (Å²) in [4.78, 5) is 23.3. The molecule has 2 aromatic rings. The van der Waals surface area contributed by atoms with Crippen molar-refractivity contribution in [1.82, 2.24) is 10.2 Å². The smallest absolute Gasteiger partial charge is 0.335 e. The number of carboxylic acid groups (broad SMARTS) is 2. The van der Waals surface area contributed by atoms with E-state index >= 15 is 0 Å². The fourth-order valence-corrected chi connectivity index (χ4v) is 2.34. The molecule has 2 rings (SSSR count). The fourth-order valence-electron chi connectivity index (χ4n) is 1.75. The van der Waals surface area contributed by atoms with E-state index in [-0.39, 0.29) is 12.0 Å². The van der Waals surface area contributed by atoms with E-state index in [1.807, 2.05) is 4.90 Å². The van der Waals surface area contributed by atoms with Crippen molar-refractivity contribution >= 4 is 28.4 Å². The van der Waals surface area contributed by atoms with Crippen LogP contribution in [0.3, 0.4) is 0 Å². The Hall–Kier alpha value is -2.48. The minimum Gasteiger partial charge on any atom is -0.481 e. The Morgan fingerprint density at radius 2 is 1.90 bits per heavy atom. The first kappa shape index (κ1) is 14.9. The lowest BCUT2D eigenvalue weighted by atomic mass is 10.1. The van der Waals surface area contributed by atoms with Gasteiger partial charge in [-0.15, -0.1) is 10.2 Å². The summed E-state index contributed by atoms with van der Waals surface area (Å²) < 4.78 is 0. The van der Waals surface area contributed by atoms with E-state index in [0.29, 0.717) is 18.2 Å². The molecule has 0 aliphatic carbocycles. The fraction of sp³-hybridized carbons (Fsp3) is 0.231. The van der Waals surface area contributed by atoms with Gasteiger partial charge < -0.3 is 15.1 Å². The number of rotatable bonds is 7. The van der Waals surface area contributed by atoms with E-state index < -0.39 is 11.9 Å². The maximum atomic E-state index is 10.8. The van der Waals surface area contributed by atoms with Gasteiger partial charge in [0.15, 0.2) is 0 Å². The number of aromatic nitrogens is 2. The number of nitrogens with zero attached hydrogens (tertiary/aromatic N) is 3. The number of carbonyl (C=O) groups is 2. The van der Waals surface area contributed by atoms with Crippen LogP contribution in [0.2, 0.25) is 0 Å². The molecule has 0 saturated carbocycles. The Morgan fingerprint density at radius 3 is 2.43 bits per heavy atom. The summed E-state index contributed by atoms with van der Waals surface area (Å²) in [5.41, 5.74) is 2.67. The zero-order chi connectivity index (χ0) is 15.2. The minimum atomic E-state index is -0.978. The zero-order valence-corrected chi connectivity index (χ0v) is 11.8. The van der Waals surface area contributed by atoms with E-state index in [1.165, 1.54) is 23.5 Å². The summed E-state index contributed by atoms with van der Waals surface area (Å²) >= 11 is 1.33. The van der Waals surface area contributed by atoms with Gasteiger partial charge in [0.2, 0.25) is 5.13 Å². The van der Waals surface area contributed by atoms with Gasteiger partial charge in [-0.05, 0) is 17.7 Å². The number of hydrogen-bond acceptors (Lipinski definition) is 6. The van der Waals surface area contributed by atoms with Gasteiger partial charge in [-0.3, -0.25) is 4.79 Å². The van der Waals surface area contributed by atoms with Crippen molar-refractivity contribution < 1.29 is 19.8 Å². The Balaban J connectivity index is 2.10. The molecule has 0 aliphatic rings. The standard InChI is InChI=1S/C13H13N3O4S/c17-11(18)5-6-16(13-15-14-8-21-13)7-9-1-3-10(4-2-9)12(19)20/h1-4,8H,5-7H2,(H,17,18)(H,19,20). The highest BCUT2D eigenvalue weighted by molar-refractivity contribution is 7.13.